The van der Waals surface area contributed by atoms with E-state index in [1.165, 1.54) is 6.08 Å². The Labute approximate surface area is 140 Å². The second kappa shape index (κ2) is 8.25. The minimum absolute atomic E-state index is 0.234. The van der Waals surface area contributed by atoms with Crippen LogP contribution in [-0.2, 0) is 14.3 Å². The summed E-state index contributed by atoms with van der Waals surface area (Å²) in [5.74, 6) is -1.75. The zero-order valence-electron chi connectivity index (χ0n) is 13.1. The van der Waals surface area contributed by atoms with Gasteiger partial charge in [-0.15, -0.1) is 0 Å². The molecule has 118 valence electrons. The minimum Gasteiger partial charge on any atom is -0.385 e. The molecule has 0 radical (unpaired) electrons. The standard InChI is InChI=1S/C20H15NO3/c1-15(12-16-8-4-2-5-9-16)19(22)24-20(23)18(14-21)13-17-10-6-3-7-11-17/h2-13H,1H3/b15-12+,18-13+. The summed E-state index contributed by atoms with van der Waals surface area (Å²) >= 11 is 0. The molecule has 2 rings (SSSR count). The van der Waals surface area contributed by atoms with Crippen LogP contribution in [0, 0.1) is 11.3 Å². The predicted octanol–water partition coefficient (Wildman–Crippen LogP) is 3.77. The zero-order chi connectivity index (χ0) is 17.4. The van der Waals surface area contributed by atoms with E-state index in [0.717, 1.165) is 5.56 Å². The summed E-state index contributed by atoms with van der Waals surface area (Å²) in [4.78, 5) is 24.0. The first-order valence-corrected chi connectivity index (χ1v) is 7.27. The number of esters is 2. The van der Waals surface area contributed by atoms with Gasteiger partial charge in [-0.3, -0.25) is 0 Å². The molecular formula is C20H15NO3. The largest absolute Gasteiger partial charge is 0.385 e. The summed E-state index contributed by atoms with van der Waals surface area (Å²) in [6.07, 6.45) is 2.99. The molecule has 0 aliphatic heterocycles. The number of rotatable bonds is 4. The van der Waals surface area contributed by atoms with Crippen molar-refractivity contribution in [2.75, 3.05) is 0 Å². The smallest absolute Gasteiger partial charge is 0.356 e. The first-order valence-electron chi connectivity index (χ1n) is 7.27. The number of hydrogen-bond donors (Lipinski definition) is 0. The molecule has 0 spiro atoms. The van der Waals surface area contributed by atoms with Crippen molar-refractivity contribution in [3.8, 4) is 6.07 Å². The van der Waals surface area contributed by atoms with Crippen LogP contribution in [0.15, 0.2) is 71.8 Å². The van der Waals surface area contributed by atoms with Crippen molar-refractivity contribution in [3.63, 3.8) is 0 Å². The molecule has 2 aromatic rings. The highest BCUT2D eigenvalue weighted by Crippen LogP contribution is 2.11. The normalized spacial score (nSPS) is 11.5. The summed E-state index contributed by atoms with van der Waals surface area (Å²) in [6, 6.07) is 19.8. The van der Waals surface area contributed by atoms with Crippen molar-refractivity contribution in [2.45, 2.75) is 6.92 Å². The lowest BCUT2D eigenvalue weighted by Crippen LogP contribution is -2.14. The van der Waals surface area contributed by atoms with Gasteiger partial charge in [-0.05, 0) is 30.2 Å². The Bertz CT molecular complexity index is 828. The van der Waals surface area contributed by atoms with Crippen LogP contribution in [0.25, 0.3) is 12.2 Å². The molecule has 4 nitrogen and oxygen atoms in total. The van der Waals surface area contributed by atoms with Gasteiger partial charge in [0.15, 0.2) is 0 Å². The van der Waals surface area contributed by atoms with E-state index in [-0.39, 0.29) is 11.1 Å². The molecule has 0 aliphatic carbocycles. The molecule has 0 fully saturated rings. The van der Waals surface area contributed by atoms with Gasteiger partial charge >= 0.3 is 11.9 Å². The summed E-state index contributed by atoms with van der Waals surface area (Å²) in [7, 11) is 0. The van der Waals surface area contributed by atoms with E-state index in [9.17, 15) is 9.59 Å². The number of nitriles is 1. The quantitative estimate of drug-likeness (QED) is 0.372. The molecule has 0 aliphatic rings. The van der Waals surface area contributed by atoms with Crippen LogP contribution in [-0.4, -0.2) is 11.9 Å². The van der Waals surface area contributed by atoms with Crippen molar-refractivity contribution >= 4 is 24.1 Å². The molecule has 0 saturated heterocycles. The number of ether oxygens (including phenoxy) is 1. The predicted molar refractivity (Wildman–Crippen MR) is 91.2 cm³/mol. The third-order valence-electron chi connectivity index (χ3n) is 3.14. The lowest BCUT2D eigenvalue weighted by molar-refractivity contribution is -0.153. The van der Waals surface area contributed by atoms with Gasteiger partial charge < -0.3 is 4.74 Å². The van der Waals surface area contributed by atoms with E-state index in [1.54, 1.807) is 43.3 Å². The second-order valence-corrected chi connectivity index (χ2v) is 5.00. The van der Waals surface area contributed by atoms with Gasteiger partial charge in [0.2, 0.25) is 0 Å². The number of hydrogen-bond acceptors (Lipinski definition) is 4. The molecule has 0 unspecified atom stereocenters. The van der Waals surface area contributed by atoms with Crippen molar-refractivity contribution in [1.29, 1.82) is 5.26 Å². The summed E-state index contributed by atoms with van der Waals surface area (Å²) in [6.45, 7) is 1.55. The van der Waals surface area contributed by atoms with Crippen LogP contribution in [0.1, 0.15) is 18.1 Å². The highest BCUT2D eigenvalue weighted by atomic mass is 16.6. The van der Waals surface area contributed by atoms with Gasteiger partial charge in [-0.2, -0.15) is 5.26 Å². The fraction of sp³-hybridized carbons (Fsp3) is 0.0500. The number of carbonyl (C=O) groups is 2. The molecule has 0 aromatic heterocycles. The molecule has 0 atom stereocenters. The Hall–Kier alpha value is -3.45. The average Bonchev–Trinajstić information content (AvgIpc) is 2.61. The Kier molecular flexibility index (Phi) is 5.82. The molecule has 24 heavy (non-hydrogen) atoms. The van der Waals surface area contributed by atoms with Crippen LogP contribution in [0.5, 0.6) is 0 Å². The fourth-order valence-corrected chi connectivity index (χ4v) is 1.93. The van der Waals surface area contributed by atoms with Gasteiger partial charge in [0, 0.05) is 5.57 Å². The van der Waals surface area contributed by atoms with Crippen LogP contribution in [0.3, 0.4) is 0 Å². The Morgan fingerprint density at radius 3 is 1.88 bits per heavy atom. The van der Waals surface area contributed by atoms with Crippen LogP contribution < -0.4 is 0 Å². The first-order chi connectivity index (χ1) is 11.6. The van der Waals surface area contributed by atoms with Crippen LogP contribution in [0.2, 0.25) is 0 Å². The van der Waals surface area contributed by atoms with Crippen molar-refractivity contribution in [3.05, 3.63) is 82.9 Å². The van der Waals surface area contributed by atoms with Crippen LogP contribution in [0.4, 0.5) is 0 Å². The Morgan fingerprint density at radius 2 is 1.38 bits per heavy atom. The number of benzene rings is 2. The maximum atomic E-state index is 12.0. The highest BCUT2D eigenvalue weighted by Gasteiger charge is 2.17. The Balaban J connectivity index is 2.10. The molecule has 0 saturated carbocycles. The van der Waals surface area contributed by atoms with Gasteiger partial charge in [-0.1, -0.05) is 60.7 Å². The van der Waals surface area contributed by atoms with E-state index in [2.05, 4.69) is 0 Å². The second-order valence-electron chi connectivity index (χ2n) is 5.00. The highest BCUT2D eigenvalue weighted by molar-refractivity contribution is 6.07. The van der Waals surface area contributed by atoms with E-state index in [4.69, 9.17) is 10.00 Å². The minimum atomic E-state index is -0.966. The molecule has 0 heterocycles. The van der Waals surface area contributed by atoms with Gasteiger partial charge in [0.1, 0.15) is 11.6 Å². The maximum absolute atomic E-state index is 12.0. The average molecular weight is 317 g/mol. The SMILES string of the molecule is C/C(=C\c1ccccc1)C(=O)OC(=O)/C(C#N)=C/c1ccccc1. The van der Waals surface area contributed by atoms with Crippen molar-refractivity contribution in [1.82, 2.24) is 0 Å². The first kappa shape index (κ1) is 16.9. The maximum Gasteiger partial charge on any atom is 0.356 e. The van der Waals surface area contributed by atoms with Crippen molar-refractivity contribution in [2.24, 2.45) is 0 Å². The molecular weight excluding hydrogens is 302 g/mol. The van der Waals surface area contributed by atoms with Gasteiger partial charge in [0.05, 0.1) is 0 Å². The summed E-state index contributed by atoms with van der Waals surface area (Å²) in [5, 5.41) is 9.10. The third-order valence-corrected chi connectivity index (χ3v) is 3.14. The molecule has 0 amide bonds. The number of carbonyl (C=O) groups excluding carboxylic acids is 2. The lowest BCUT2D eigenvalue weighted by Gasteiger charge is -2.03. The fourth-order valence-electron chi connectivity index (χ4n) is 1.93. The van der Waals surface area contributed by atoms with Crippen molar-refractivity contribution < 1.29 is 14.3 Å². The molecule has 4 heteroatoms. The zero-order valence-corrected chi connectivity index (χ0v) is 13.1. The third kappa shape index (κ3) is 4.79. The summed E-state index contributed by atoms with van der Waals surface area (Å²) < 4.78 is 4.77. The van der Waals surface area contributed by atoms with Gasteiger partial charge in [0.25, 0.3) is 0 Å². The van der Waals surface area contributed by atoms with E-state index in [1.807, 2.05) is 36.4 Å². The topological polar surface area (TPSA) is 67.2 Å². The molecule has 0 N–H and O–H groups in total. The van der Waals surface area contributed by atoms with E-state index >= 15 is 0 Å². The summed E-state index contributed by atoms with van der Waals surface area (Å²) in [5.41, 5.74) is 1.53. The van der Waals surface area contributed by atoms with E-state index in [0.29, 0.717) is 5.56 Å². The van der Waals surface area contributed by atoms with Gasteiger partial charge in [-0.25, -0.2) is 9.59 Å². The monoisotopic (exact) mass is 317 g/mol. The molecule has 0 bridgehead atoms. The Morgan fingerprint density at radius 1 is 0.875 bits per heavy atom. The number of nitrogens with zero attached hydrogens (tertiary/aromatic N) is 1. The lowest BCUT2D eigenvalue weighted by atomic mass is 10.1. The molecule has 2 aromatic carbocycles. The van der Waals surface area contributed by atoms with Crippen LogP contribution >= 0.6 is 0 Å². The van der Waals surface area contributed by atoms with E-state index < -0.39 is 11.9 Å².